The fourth-order valence-electron chi connectivity index (χ4n) is 2.22. The van der Waals surface area contributed by atoms with Gasteiger partial charge in [0.1, 0.15) is 5.82 Å². The van der Waals surface area contributed by atoms with Crippen molar-refractivity contribution < 1.29 is 9.90 Å². The molecular formula is C12H18N4O2. The van der Waals surface area contributed by atoms with Gasteiger partial charge in [-0.1, -0.05) is 0 Å². The predicted octanol–water partition coefficient (Wildman–Crippen LogP) is 0.212. The Bertz CT molecular complexity index is 424. The Labute approximate surface area is 106 Å². The normalized spacial score (nSPS) is 19.7. The second-order valence-corrected chi connectivity index (χ2v) is 4.52. The summed E-state index contributed by atoms with van der Waals surface area (Å²) in [6, 6.07) is 3.30. The highest BCUT2D eigenvalue weighted by molar-refractivity contribution is 5.94. The van der Waals surface area contributed by atoms with E-state index in [1.807, 2.05) is 0 Å². The minimum Gasteiger partial charge on any atom is -0.396 e. The van der Waals surface area contributed by atoms with Crippen LogP contribution in [0.4, 0.5) is 5.82 Å². The van der Waals surface area contributed by atoms with E-state index in [-0.39, 0.29) is 18.4 Å². The van der Waals surface area contributed by atoms with Crippen molar-refractivity contribution >= 4 is 11.7 Å². The number of nitrogens with zero attached hydrogens (tertiary/aromatic N) is 2. The van der Waals surface area contributed by atoms with Crippen LogP contribution in [0, 0.1) is 5.92 Å². The van der Waals surface area contributed by atoms with Crippen molar-refractivity contribution in [3.05, 3.63) is 23.9 Å². The molecule has 0 spiro atoms. The molecule has 1 aliphatic rings. The molecule has 98 valence electrons. The molecule has 0 saturated carbocycles. The van der Waals surface area contributed by atoms with Crippen molar-refractivity contribution in [3.8, 4) is 0 Å². The fraction of sp³-hybridized carbons (Fsp3) is 0.500. The van der Waals surface area contributed by atoms with Gasteiger partial charge in [-0.3, -0.25) is 4.79 Å². The van der Waals surface area contributed by atoms with Gasteiger partial charge in [0, 0.05) is 31.5 Å². The van der Waals surface area contributed by atoms with E-state index in [0.29, 0.717) is 17.9 Å². The topological polar surface area (TPSA) is 91.5 Å². The van der Waals surface area contributed by atoms with Crippen LogP contribution in [0.25, 0.3) is 0 Å². The van der Waals surface area contributed by atoms with Gasteiger partial charge in [0.15, 0.2) is 0 Å². The minimum absolute atomic E-state index is 0.0351. The number of aromatic nitrogens is 1. The molecule has 1 amide bonds. The van der Waals surface area contributed by atoms with Gasteiger partial charge < -0.3 is 15.4 Å². The molecule has 1 unspecified atom stereocenters. The lowest BCUT2D eigenvalue weighted by Gasteiger charge is -2.31. The zero-order valence-corrected chi connectivity index (χ0v) is 10.2. The number of likely N-dealkylation sites (tertiary alicyclic amines) is 1. The van der Waals surface area contributed by atoms with E-state index in [0.717, 1.165) is 19.4 Å². The number of hydrogen-bond acceptors (Lipinski definition) is 5. The number of rotatable bonds is 3. The van der Waals surface area contributed by atoms with E-state index in [2.05, 4.69) is 10.4 Å². The van der Waals surface area contributed by atoms with Crippen LogP contribution < -0.4 is 11.3 Å². The average Bonchev–Trinajstić information content (AvgIpc) is 2.46. The first-order valence-electron chi connectivity index (χ1n) is 6.07. The van der Waals surface area contributed by atoms with Gasteiger partial charge in [-0.2, -0.15) is 0 Å². The maximum Gasteiger partial charge on any atom is 0.254 e. The molecular weight excluding hydrogens is 232 g/mol. The standard InChI is InChI=1S/C12H18N4O2/c13-15-11-6-10(3-4-14-11)12(18)16-5-1-2-9(7-16)8-17/h3-4,6,9,17H,1-2,5,7-8,13H2,(H,14,15). The van der Waals surface area contributed by atoms with E-state index in [1.165, 1.54) is 0 Å². The summed E-state index contributed by atoms with van der Waals surface area (Å²) in [4.78, 5) is 18.0. The zero-order valence-electron chi connectivity index (χ0n) is 10.2. The first kappa shape index (κ1) is 12.8. The van der Waals surface area contributed by atoms with Crippen LogP contribution >= 0.6 is 0 Å². The van der Waals surface area contributed by atoms with Crippen molar-refractivity contribution in [2.75, 3.05) is 25.1 Å². The first-order valence-corrected chi connectivity index (χ1v) is 6.07. The number of nitrogens with one attached hydrogen (secondary N) is 1. The van der Waals surface area contributed by atoms with Crippen molar-refractivity contribution in [2.45, 2.75) is 12.8 Å². The summed E-state index contributed by atoms with van der Waals surface area (Å²) in [7, 11) is 0. The minimum atomic E-state index is -0.0351. The van der Waals surface area contributed by atoms with Crippen LogP contribution in [0.2, 0.25) is 0 Å². The highest BCUT2D eigenvalue weighted by Gasteiger charge is 2.24. The predicted molar refractivity (Wildman–Crippen MR) is 67.8 cm³/mol. The Morgan fingerprint density at radius 3 is 3.22 bits per heavy atom. The van der Waals surface area contributed by atoms with Crippen molar-refractivity contribution in [3.63, 3.8) is 0 Å². The molecule has 6 heteroatoms. The Hall–Kier alpha value is -1.66. The zero-order chi connectivity index (χ0) is 13.0. The maximum atomic E-state index is 12.3. The summed E-state index contributed by atoms with van der Waals surface area (Å²) >= 11 is 0. The summed E-state index contributed by atoms with van der Waals surface area (Å²) in [6.45, 7) is 1.49. The van der Waals surface area contributed by atoms with Crippen molar-refractivity contribution in [2.24, 2.45) is 11.8 Å². The summed E-state index contributed by atoms with van der Waals surface area (Å²) in [6.07, 6.45) is 3.46. The lowest BCUT2D eigenvalue weighted by molar-refractivity contribution is 0.0620. The molecule has 0 bridgehead atoms. The van der Waals surface area contributed by atoms with E-state index in [4.69, 9.17) is 10.9 Å². The second kappa shape index (κ2) is 5.79. The molecule has 1 aliphatic heterocycles. The summed E-state index contributed by atoms with van der Waals surface area (Å²) in [5.74, 6) is 5.90. The molecule has 2 heterocycles. The van der Waals surface area contributed by atoms with Gasteiger partial charge in [-0.05, 0) is 30.9 Å². The molecule has 4 N–H and O–H groups in total. The number of hydrogen-bond donors (Lipinski definition) is 3. The van der Waals surface area contributed by atoms with Crippen LogP contribution in [-0.4, -0.2) is 40.6 Å². The molecule has 0 aliphatic carbocycles. The Balaban J connectivity index is 2.10. The SMILES string of the molecule is NNc1cc(C(=O)N2CCCC(CO)C2)ccn1. The molecule has 1 atom stereocenters. The number of piperidine rings is 1. The number of nitrogen functional groups attached to an aromatic ring is 1. The van der Waals surface area contributed by atoms with Gasteiger partial charge in [0.25, 0.3) is 5.91 Å². The molecule has 1 aromatic heterocycles. The van der Waals surface area contributed by atoms with Crippen LogP contribution in [0.15, 0.2) is 18.3 Å². The molecule has 1 aromatic rings. The number of hydrazine groups is 1. The Kier molecular flexibility index (Phi) is 4.11. The van der Waals surface area contributed by atoms with Gasteiger partial charge >= 0.3 is 0 Å². The molecule has 0 radical (unpaired) electrons. The van der Waals surface area contributed by atoms with E-state index in [1.54, 1.807) is 23.2 Å². The quantitative estimate of drug-likeness (QED) is 0.527. The van der Waals surface area contributed by atoms with Gasteiger partial charge in [-0.25, -0.2) is 10.8 Å². The summed E-state index contributed by atoms with van der Waals surface area (Å²) in [5.41, 5.74) is 2.99. The maximum absolute atomic E-state index is 12.3. The Morgan fingerprint density at radius 1 is 1.67 bits per heavy atom. The fourth-order valence-corrected chi connectivity index (χ4v) is 2.22. The van der Waals surface area contributed by atoms with Crippen LogP contribution in [0.3, 0.4) is 0 Å². The number of aliphatic hydroxyl groups excluding tert-OH is 1. The summed E-state index contributed by atoms with van der Waals surface area (Å²) in [5, 5.41) is 9.17. The molecule has 1 saturated heterocycles. The molecule has 6 nitrogen and oxygen atoms in total. The number of anilines is 1. The molecule has 2 rings (SSSR count). The van der Waals surface area contributed by atoms with Gasteiger partial charge in [-0.15, -0.1) is 0 Å². The van der Waals surface area contributed by atoms with Crippen LogP contribution in [-0.2, 0) is 0 Å². The number of carbonyl (C=O) groups is 1. The third kappa shape index (κ3) is 2.77. The molecule has 1 fully saturated rings. The highest BCUT2D eigenvalue weighted by Crippen LogP contribution is 2.18. The second-order valence-electron chi connectivity index (χ2n) is 4.52. The van der Waals surface area contributed by atoms with Gasteiger partial charge in [0.05, 0.1) is 0 Å². The van der Waals surface area contributed by atoms with E-state index in [9.17, 15) is 4.79 Å². The van der Waals surface area contributed by atoms with Gasteiger partial charge in [0.2, 0.25) is 0 Å². The number of pyridine rings is 1. The number of amides is 1. The number of nitrogens with two attached hydrogens (primary N) is 1. The third-order valence-electron chi connectivity index (χ3n) is 3.22. The van der Waals surface area contributed by atoms with Crippen LogP contribution in [0.5, 0.6) is 0 Å². The molecule has 18 heavy (non-hydrogen) atoms. The third-order valence-corrected chi connectivity index (χ3v) is 3.22. The monoisotopic (exact) mass is 250 g/mol. The van der Waals surface area contributed by atoms with Crippen molar-refractivity contribution in [1.29, 1.82) is 0 Å². The smallest absolute Gasteiger partial charge is 0.254 e. The lowest BCUT2D eigenvalue weighted by Crippen LogP contribution is -2.41. The van der Waals surface area contributed by atoms with Crippen molar-refractivity contribution in [1.82, 2.24) is 9.88 Å². The van der Waals surface area contributed by atoms with Crippen LogP contribution in [0.1, 0.15) is 23.2 Å². The Morgan fingerprint density at radius 2 is 2.50 bits per heavy atom. The first-order chi connectivity index (χ1) is 8.74. The number of aliphatic hydroxyl groups is 1. The average molecular weight is 250 g/mol. The molecule has 0 aromatic carbocycles. The lowest BCUT2D eigenvalue weighted by atomic mass is 9.98. The van der Waals surface area contributed by atoms with E-state index >= 15 is 0 Å². The summed E-state index contributed by atoms with van der Waals surface area (Å²) < 4.78 is 0. The van der Waals surface area contributed by atoms with E-state index < -0.39 is 0 Å². The highest BCUT2D eigenvalue weighted by atomic mass is 16.3. The largest absolute Gasteiger partial charge is 0.396 e. The number of carbonyl (C=O) groups excluding carboxylic acids is 1.